The van der Waals surface area contributed by atoms with Gasteiger partial charge in [-0.2, -0.15) is 0 Å². The van der Waals surface area contributed by atoms with Gasteiger partial charge in [-0.1, -0.05) is 30.3 Å². The van der Waals surface area contributed by atoms with Crippen molar-refractivity contribution in [1.29, 1.82) is 0 Å². The van der Waals surface area contributed by atoms with Gasteiger partial charge in [0, 0.05) is 10.6 Å². The monoisotopic (exact) mass is 324 g/mol. The van der Waals surface area contributed by atoms with Crippen molar-refractivity contribution in [3.05, 3.63) is 72.8 Å². The van der Waals surface area contributed by atoms with Gasteiger partial charge in [0.25, 0.3) is 0 Å². The maximum Gasteiger partial charge on any atom is 0.128 e. The van der Waals surface area contributed by atoms with Crippen molar-refractivity contribution in [2.75, 3.05) is 5.73 Å². The fourth-order valence-corrected chi connectivity index (χ4v) is 2.80. The molecule has 0 heterocycles. The van der Waals surface area contributed by atoms with Gasteiger partial charge in [0.15, 0.2) is 0 Å². The zero-order valence-corrected chi connectivity index (χ0v) is 13.0. The molecule has 4 nitrogen and oxygen atoms in total. The third kappa shape index (κ3) is 3.59. The summed E-state index contributed by atoms with van der Waals surface area (Å²) in [5, 5.41) is 0. The number of nitrogen functional groups attached to an aromatic ring is 1. The van der Waals surface area contributed by atoms with Crippen LogP contribution in [0.2, 0.25) is 0 Å². The highest BCUT2D eigenvalue weighted by Gasteiger charge is 2.06. The van der Waals surface area contributed by atoms with E-state index in [1.165, 1.54) is 0 Å². The van der Waals surface area contributed by atoms with Crippen LogP contribution in [-0.2, 0) is 11.1 Å². The van der Waals surface area contributed by atoms with Gasteiger partial charge in [-0.15, -0.1) is 0 Å². The molecule has 0 bridgehead atoms. The number of rotatable bonds is 4. The van der Waals surface area contributed by atoms with Gasteiger partial charge in [0.05, 0.1) is 0 Å². The highest BCUT2D eigenvalue weighted by molar-refractivity contribution is 7.79. The third-order valence-corrected chi connectivity index (χ3v) is 4.04. The van der Waals surface area contributed by atoms with Crippen LogP contribution in [-0.4, -0.2) is 8.76 Å². The van der Waals surface area contributed by atoms with E-state index >= 15 is 0 Å². The average Bonchev–Trinajstić information content (AvgIpc) is 2.57. The molecule has 0 aliphatic carbocycles. The molecule has 23 heavy (non-hydrogen) atoms. The second-order valence-corrected chi connectivity index (χ2v) is 5.84. The van der Waals surface area contributed by atoms with Crippen LogP contribution in [0.4, 0.5) is 5.69 Å². The van der Waals surface area contributed by atoms with Gasteiger partial charge in [0.2, 0.25) is 0 Å². The fourth-order valence-electron chi connectivity index (χ4n) is 2.25. The van der Waals surface area contributed by atoms with Crippen LogP contribution in [0.15, 0.2) is 77.7 Å². The van der Waals surface area contributed by atoms with E-state index < -0.39 is 11.1 Å². The lowest BCUT2D eigenvalue weighted by Gasteiger charge is -2.13. The van der Waals surface area contributed by atoms with E-state index in [0.29, 0.717) is 22.7 Å². The molecule has 1 unspecified atom stereocenters. The summed E-state index contributed by atoms with van der Waals surface area (Å²) in [6, 6.07) is 21.2. The lowest BCUT2D eigenvalue weighted by molar-refractivity contribution is 0.483. The molecular formula is C18H14NO3S-. The zero-order chi connectivity index (χ0) is 16.2. The van der Waals surface area contributed by atoms with Crippen LogP contribution in [0.3, 0.4) is 0 Å². The summed E-state index contributed by atoms with van der Waals surface area (Å²) in [4.78, 5) is 0.261. The summed E-state index contributed by atoms with van der Waals surface area (Å²) in [5.74, 6) is 1.29. The van der Waals surface area contributed by atoms with Gasteiger partial charge in [-0.3, -0.25) is 4.21 Å². The van der Waals surface area contributed by atoms with Crippen molar-refractivity contribution in [3.8, 4) is 22.6 Å². The molecule has 3 rings (SSSR count). The highest BCUT2D eigenvalue weighted by Crippen LogP contribution is 2.30. The molecular weight excluding hydrogens is 310 g/mol. The minimum Gasteiger partial charge on any atom is -0.768 e. The first-order valence-electron chi connectivity index (χ1n) is 6.95. The molecule has 0 aromatic heterocycles. The molecule has 3 aromatic carbocycles. The smallest absolute Gasteiger partial charge is 0.128 e. The van der Waals surface area contributed by atoms with Crippen LogP contribution in [0.5, 0.6) is 11.5 Å². The molecule has 0 radical (unpaired) electrons. The first kappa shape index (κ1) is 15.3. The Hall–Kier alpha value is -2.63. The molecule has 0 saturated heterocycles. The molecule has 0 spiro atoms. The van der Waals surface area contributed by atoms with Gasteiger partial charge in [0.1, 0.15) is 11.5 Å². The lowest BCUT2D eigenvalue weighted by Crippen LogP contribution is -1.93. The molecule has 0 fully saturated rings. The molecule has 0 aliphatic heterocycles. The summed E-state index contributed by atoms with van der Waals surface area (Å²) in [6.45, 7) is 0. The van der Waals surface area contributed by atoms with Crippen molar-refractivity contribution >= 4 is 16.8 Å². The molecule has 1 atom stereocenters. The maximum absolute atomic E-state index is 11.4. The average molecular weight is 324 g/mol. The zero-order valence-electron chi connectivity index (χ0n) is 12.1. The third-order valence-electron chi connectivity index (χ3n) is 3.33. The summed E-state index contributed by atoms with van der Waals surface area (Å²) >= 11 is -2.29. The Balaban J connectivity index is 1.94. The second-order valence-electron chi connectivity index (χ2n) is 4.93. The van der Waals surface area contributed by atoms with Gasteiger partial charge < -0.3 is 15.0 Å². The largest absolute Gasteiger partial charge is 0.768 e. The van der Waals surface area contributed by atoms with Gasteiger partial charge in [-0.05, 0) is 64.7 Å². The topological polar surface area (TPSA) is 75.4 Å². The van der Waals surface area contributed by atoms with E-state index in [0.717, 1.165) is 5.56 Å². The summed E-state index contributed by atoms with van der Waals surface area (Å²) < 4.78 is 28.5. The number of hydrogen-bond donors (Lipinski definition) is 1. The van der Waals surface area contributed by atoms with Gasteiger partial charge in [-0.25, -0.2) is 0 Å². The van der Waals surface area contributed by atoms with E-state index in [1.807, 2.05) is 24.3 Å². The van der Waals surface area contributed by atoms with Crippen LogP contribution >= 0.6 is 0 Å². The summed E-state index contributed by atoms with van der Waals surface area (Å²) in [6.07, 6.45) is 0. The highest BCUT2D eigenvalue weighted by atomic mass is 32.2. The van der Waals surface area contributed by atoms with E-state index in [1.54, 1.807) is 48.5 Å². The van der Waals surface area contributed by atoms with E-state index in [2.05, 4.69) is 0 Å². The molecule has 0 aliphatic rings. The molecule has 3 aromatic rings. The normalized spacial score (nSPS) is 11.9. The van der Waals surface area contributed by atoms with Crippen LogP contribution in [0.25, 0.3) is 11.1 Å². The second kappa shape index (κ2) is 6.64. The Morgan fingerprint density at radius 2 is 1.61 bits per heavy atom. The predicted octanol–water partition coefficient (Wildman–Crippen LogP) is 3.97. The van der Waals surface area contributed by atoms with Crippen molar-refractivity contribution in [1.82, 2.24) is 0 Å². The lowest BCUT2D eigenvalue weighted by atomic mass is 10.1. The number of ether oxygens (including phenoxy) is 1. The SMILES string of the molecule is Nc1ccc(Oc2cccc(-c3ccccc3S(=O)[O-])c2)cc1. The first-order chi connectivity index (χ1) is 11.1. The summed E-state index contributed by atoms with van der Waals surface area (Å²) in [5.41, 5.74) is 7.73. The number of hydrogen-bond acceptors (Lipinski definition) is 4. The number of benzene rings is 3. The Labute approximate surface area is 136 Å². The summed E-state index contributed by atoms with van der Waals surface area (Å²) in [7, 11) is 0. The quantitative estimate of drug-likeness (QED) is 0.582. The molecule has 0 saturated carbocycles. The number of nitrogens with two attached hydrogens (primary N) is 1. The molecule has 5 heteroatoms. The van der Waals surface area contributed by atoms with Crippen molar-refractivity contribution < 1.29 is 13.5 Å². The van der Waals surface area contributed by atoms with Gasteiger partial charge >= 0.3 is 0 Å². The Kier molecular flexibility index (Phi) is 4.41. The minimum atomic E-state index is -2.29. The Morgan fingerprint density at radius 3 is 2.35 bits per heavy atom. The van der Waals surface area contributed by atoms with Crippen LogP contribution < -0.4 is 10.5 Å². The van der Waals surface area contributed by atoms with Crippen LogP contribution in [0.1, 0.15) is 0 Å². The minimum absolute atomic E-state index is 0.261. The molecule has 116 valence electrons. The van der Waals surface area contributed by atoms with Crippen LogP contribution in [0, 0.1) is 0 Å². The molecule has 2 N–H and O–H groups in total. The Morgan fingerprint density at radius 1 is 0.870 bits per heavy atom. The maximum atomic E-state index is 11.4. The number of anilines is 1. The predicted molar refractivity (Wildman–Crippen MR) is 90.0 cm³/mol. The fraction of sp³-hybridized carbons (Fsp3) is 0. The standard InChI is InChI=1S/C18H15NO3S/c19-14-8-10-15(11-9-14)22-16-5-3-4-13(12-16)17-6-1-2-7-18(17)23(20)21/h1-12H,19H2,(H,20,21)/p-1. The van der Waals surface area contributed by atoms with Crippen molar-refractivity contribution in [2.45, 2.75) is 4.90 Å². The molecule has 0 amide bonds. The van der Waals surface area contributed by atoms with E-state index in [4.69, 9.17) is 10.5 Å². The van der Waals surface area contributed by atoms with Crippen molar-refractivity contribution in [2.24, 2.45) is 0 Å². The Bertz CT molecular complexity index is 847. The first-order valence-corrected chi connectivity index (χ1v) is 8.03. The van der Waals surface area contributed by atoms with E-state index in [9.17, 15) is 8.76 Å². The van der Waals surface area contributed by atoms with E-state index in [-0.39, 0.29) is 4.90 Å². The van der Waals surface area contributed by atoms with Crippen molar-refractivity contribution in [3.63, 3.8) is 0 Å².